The van der Waals surface area contributed by atoms with E-state index in [0.29, 0.717) is 22.0 Å². The summed E-state index contributed by atoms with van der Waals surface area (Å²) in [5, 5.41) is 13.3. The van der Waals surface area contributed by atoms with Gasteiger partial charge >= 0.3 is 5.97 Å². The number of nitrogens with zero attached hydrogens (tertiary/aromatic N) is 3. The van der Waals surface area contributed by atoms with Gasteiger partial charge in [0.15, 0.2) is 6.61 Å². The van der Waals surface area contributed by atoms with Gasteiger partial charge in [-0.05, 0) is 18.2 Å². The predicted octanol–water partition coefficient (Wildman–Crippen LogP) is 1.47. The number of carboxylic acid groups (broad SMARTS) is 1. The van der Waals surface area contributed by atoms with Crippen LogP contribution in [0.3, 0.4) is 0 Å². The zero-order chi connectivity index (χ0) is 17.0. The van der Waals surface area contributed by atoms with Crippen LogP contribution in [0.25, 0.3) is 0 Å². The number of halogens is 1. The third-order valence-corrected chi connectivity index (χ3v) is 3.30. The highest BCUT2D eigenvalue weighted by Crippen LogP contribution is 2.23. The van der Waals surface area contributed by atoms with Crippen LogP contribution in [-0.2, 0) is 11.3 Å². The summed E-state index contributed by atoms with van der Waals surface area (Å²) >= 11 is 5.97. The van der Waals surface area contributed by atoms with E-state index in [9.17, 15) is 9.59 Å². The molecule has 0 saturated carbocycles. The Morgan fingerprint density at radius 3 is 2.74 bits per heavy atom. The van der Waals surface area contributed by atoms with Gasteiger partial charge in [-0.15, -0.1) is 0 Å². The van der Waals surface area contributed by atoms with Gasteiger partial charge in [-0.1, -0.05) is 11.6 Å². The fourth-order valence-electron chi connectivity index (χ4n) is 1.90. The van der Waals surface area contributed by atoms with Crippen molar-refractivity contribution in [1.29, 1.82) is 0 Å². The van der Waals surface area contributed by atoms with Gasteiger partial charge in [-0.2, -0.15) is 5.10 Å². The largest absolute Gasteiger partial charge is 0.482 e. The molecule has 1 N–H and O–H groups in total. The topological polar surface area (TPSA) is 84.7 Å². The Labute approximate surface area is 137 Å². The second-order valence-corrected chi connectivity index (χ2v) is 5.47. The summed E-state index contributed by atoms with van der Waals surface area (Å²) in [6, 6.07) is 6.25. The monoisotopic (exact) mass is 337 g/mol. The molecule has 0 spiro atoms. The molecule has 1 aromatic heterocycles. The molecule has 0 fully saturated rings. The molecule has 7 nitrogen and oxygen atoms in total. The van der Waals surface area contributed by atoms with E-state index in [0.717, 1.165) is 0 Å². The van der Waals surface area contributed by atoms with E-state index < -0.39 is 12.6 Å². The number of hydrogen-bond donors (Lipinski definition) is 1. The van der Waals surface area contributed by atoms with Gasteiger partial charge in [0, 0.05) is 30.7 Å². The fourth-order valence-corrected chi connectivity index (χ4v) is 2.10. The minimum atomic E-state index is -1.09. The van der Waals surface area contributed by atoms with Crippen LogP contribution in [0.1, 0.15) is 5.56 Å². The van der Waals surface area contributed by atoms with Crippen molar-refractivity contribution in [2.75, 3.05) is 25.6 Å². The quantitative estimate of drug-likeness (QED) is 0.859. The van der Waals surface area contributed by atoms with Crippen molar-refractivity contribution in [3.8, 4) is 5.75 Å². The van der Waals surface area contributed by atoms with E-state index in [1.54, 1.807) is 29.3 Å². The highest BCUT2D eigenvalue weighted by Gasteiger charge is 2.10. The van der Waals surface area contributed by atoms with Crippen molar-refractivity contribution < 1.29 is 14.6 Å². The predicted molar refractivity (Wildman–Crippen MR) is 86.5 cm³/mol. The van der Waals surface area contributed by atoms with Crippen molar-refractivity contribution in [2.24, 2.45) is 0 Å². The average molecular weight is 338 g/mol. The zero-order valence-electron chi connectivity index (χ0n) is 12.7. The standard InChI is InChI=1S/C15H16ClN3O4/c1-18(2)12-6-14(20)19(17-7-12)8-10-5-11(16)3-4-13(10)23-9-15(21)22/h3-7H,8-9H2,1-2H3,(H,21,22). The van der Waals surface area contributed by atoms with Crippen LogP contribution in [0, 0.1) is 0 Å². The molecule has 122 valence electrons. The Hall–Kier alpha value is -2.54. The maximum absolute atomic E-state index is 12.1. The molecule has 0 aliphatic carbocycles. The number of hydrogen-bond acceptors (Lipinski definition) is 5. The van der Waals surface area contributed by atoms with E-state index in [2.05, 4.69) is 5.10 Å². The lowest BCUT2D eigenvalue weighted by atomic mass is 10.2. The van der Waals surface area contributed by atoms with Gasteiger partial charge in [-0.25, -0.2) is 9.48 Å². The van der Waals surface area contributed by atoms with Gasteiger partial charge in [0.25, 0.3) is 5.56 Å². The van der Waals surface area contributed by atoms with E-state index in [1.807, 2.05) is 14.1 Å². The van der Waals surface area contributed by atoms with Gasteiger partial charge in [0.05, 0.1) is 18.4 Å². The summed E-state index contributed by atoms with van der Waals surface area (Å²) in [6.07, 6.45) is 1.57. The molecule has 1 aromatic carbocycles. The van der Waals surface area contributed by atoms with Gasteiger partial charge in [-0.3, -0.25) is 4.79 Å². The van der Waals surface area contributed by atoms with Crippen LogP contribution in [0.4, 0.5) is 5.69 Å². The van der Waals surface area contributed by atoms with Crippen molar-refractivity contribution >= 4 is 23.3 Å². The second kappa shape index (κ2) is 7.15. The molecular formula is C15H16ClN3O4. The van der Waals surface area contributed by atoms with E-state index in [-0.39, 0.29) is 12.1 Å². The van der Waals surface area contributed by atoms with E-state index in [4.69, 9.17) is 21.4 Å². The number of carbonyl (C=O) groups is 1. The number of benzene rings is 1. The first kappa shape index (κ1) is 16.8. The van der Waals surface area contributed by atoms with Crippen LogP contribution >= 0.6 is 11.6 Å². The first-order valence-electron chi connectivity index (χ1n) is 6.74. The summed E-state index contributed by atoms with van der Waals surface area (Å²) in [7, 11) is 3.63. The van der Waals surface area contributed by atoms with Crippen LogP contribution in [-0.4, -0.2) is 41.6 Å². The highest BCUT2D eigenvalue weighted by molar-refractivity contribution is 6.30. The van der Waals surface area contributed by atoms with Crippen molar-refractivity contribution in [3.05, 3.63) is 51.4 Å². The lowest BCUT2D eigenvalue weighted by molar-refractivity contribution is -0.139. The maximum Gasteiger partial charge on any atom is 0.341 e. The summed E-state index contributed by atoms with van der Waals surface area (Å²) in [5.74, 6) is -0.737. The smallest absolute Gasteiger partial charge is 0.341 e. The summed E-state index contributed by atoms with van der Waals surface area (Å²) < 4.78 is 6.47. The Morgan fingerprint density at radius 2 is 2.13 bits per heavy atom. The summed E-state index contributed by atoms with van der Waals surface area (Å²) in [4.78, 5) is 24.5. The molecule has 8 heteroatoms. The average Bonchev–Trinajstić information content (AvgIpc) is 2.48. The van der Waals surface area contributed by atoms with E-state index >= 15 is 0 Å². The molecular weight excluding hydrogens is 322 g/mol. The van der Waals surface area contributed by atoms with Crippen molar-refractivity contribution in [2.45, 2.75) is 6.54 Å². The molecule has 0 atom stereocenters. The minimum absolute atomic E-state index is 0.127. The number of ether oxygens (including phenoxy) is 1. The molecule has 1 heterocycles. The first-order chi connectivity index (χ1) is 10.9. The number of aromatic nitrogens is 2. The molecule has 0 saturated heterocycles. The van der Waals surface area contributed by atoms with Gasteiger partial charge in [0.2, 0.25) is 0 Å². The summed E-state index contributed by atoms with van der Waals surface area (Å²) in [6.45, 7) is -0.349. The third kappa shape index (κ3) is 4.46. The van der Waals surface area contributed by atoms with Crippen LogP contribution in [0.2, 0.25) is 5.02 Å². The van der Waals surface area contributed by atoms with E-state index in [1.165, 1.54) is 10.7 Å². The molecule has 0 aliphatic heterocycles. The lowest BCUT2D eigenvalue weighted by Gasteiger charge is -2.14. The second-order valence-electron chi connectivity index (χ2n) is 5.04. The van der Waals surface area contributed by atoms with Gasteiger partial charge < -0.3 is 14.7 Å². The number of aliphatic carboxylic acids is 1. The fraction of sp³-hybridized carbons (Fsp3) is 0.267. The first-order valence-corrected chi connectivity index (χ1v) is 7.12. The molecule has 2 aromatic rings. The molecule has 0 aliphatic rings. The Bertz CT molecular complexity index is 774. The summed E-state index contributed by atoms with van der Waals surface area (Å²) in [5.41, 5.74) is 0.992. The van der Waals surface area contributed by atoms with Crippen LogP contribution in [0.5, 0.6) is 5.75 Å². The van der Waals surface area contributed by atoms with Crippen LogP contribution in [0.15, 0.2) is 35.3 Å². The minimum Gasteiger partial charge on any atom is -0.482 e. The molecule has 23 heavy (non-hydrogen) atoms. The third-order valence-electron chi connectivity index (χ3n) is 3.07. The Morgan fingerprint density at radius 1 is 1.39 bits per heavy atom. The number of carboxylic acids is 1. The zero-order valence-corrected chi connectivity index (χ0v) is 13.4. The van der Waals surface area contributed by atoms with Crippen LogP contribution < -0.4 is 15.2 Å². The number of anilines is 1. The van der Waals surface area contributed by atoms with Crippen molar-refractivity contribution in [1.82, 2.24) is 9.78 Å². The molecule has 0 radical (unpaired) electrons. The molecule has 0 amide bonds. The highest BCUT2D eigenvalue weighted by atomic mass is 35.5. The number of rotatable bonds is 6. The SMILES string of the molecule is CN(C)c1cnn(Cc2cc(Cl)ccc2OCC(=O)O)c(=O)c1. The maximum atomic E-state index is 12.1. The lowest BCUT2D eigenvalue weighted by Crippen LogP contribution is -2.25. The van der Waals surface area contributed by atoms with Gasteiger partial charge in [0.1, 0.15) is 5.75 Å². The Balaban J connectivity index is 2.30. The van der Waals surface area contributed by atoms with Crippen molar-refractivity contribution in [3.63, 3.8) is 0 Å². The normalized spacial score (nSPS) is 10.4. The Kier molecular flexibility index (Phi) is 5.23. The molecule has 0 unspecified atom stereocenters. The molecule has 0 bridgehead atoms. The molecule has 2 rings (SSSR count).